The molecule has 3 atom stereocenters. The Kier molecular flexibility index (Phi) is 3.59. The van der Waals surface area contributed by atoms with Gasteiger partial charge in [-0.05, 0) is 25.3 Å². The quantitative estimate of drug-likeness (QED) is 0.798. The number of aliphatic hydroxyl groups excluding tert-OH is 2. The van der Waals surface area contributed by atoms with Gasteiger partial charge in [0.05, 0.1) is 18.8 Å². The fraction of sp³-hybridized carbons (Fsp3) is 0.538. The van der Waals surface area contributed by atoms with Crippen molar-refractivity contribution in [3.05, 3.63) is 35.4 Å². The van der Waals surface area contributed by atoms with Crippen molar-refractivity contribution in [1.82, 2.24) is 0 Å². The van der Waals surface area contributed by atoms with Gasteiger partial charge < -0.3 is 14.9 Å². The van der Waals surface area contributed by atoms with Crippen LogP contribution in [0.15, 0.2) is 24.3 Å². The van der Waals surface area contributed by atoms with Gasteiger partial charge in [-0.1, -0.05) is 29.8 Å². The highest BCUT2D eigenvalue weighted by molar-refractivity contribution is 5.23. The minimum Gasteiger partial charge on any atom is -0.394 e. The lowest BCUT2D eigenvalue weighted by Gasteiger charge is -2.33. The Morgan fingerprint density at radius 3 is 2.56 bits per heavy atom. The van der Waals surface area contributed by atoms with Crippen molar-refractivity contribution in [2.24, 2.45) is 0 Å². The van der Waals surface area contributed by atoms with E-state index in [0.29, 0.717) is 6.42 Å². The van der Waals surface area contributed by atoms with Crippen molar-refractivity contribution in [3.63, 3.8) is 0 Å². The molecule has 0 bridgehead atoms. The summed E-state index contributed by atoms with van der Waals surface area (Å²) in [4.78, 5) is 0. The van der Waals surface area contributed by atoms with E-state index in [1.165, 1.54) is 5.56 Å². The molecule has 2 rings (SSSR count). The lowest BCUT2D eigenvalue weighted by atomic mass is 9.96. The van der Waals surface area contributed by atoms with Gasteiger partial charge in [0.25, 0.3) is 0 Å². The van der Waals surface area contributed by atoms with Gasteiger partial charge >= 0.3 is 0 Å². The normalized spacial score (nSPS) is 30.3. The van der Waals surface area contributed by atoms with Gasteiger partial charge in [-0.3, -0.25) is 0 Å². The van der Waals surface area contributed by atoms with Gasteiger partial charge in [0, 0.05) is 0 Å². The predicted octanol–water partition coefficient (Wildman–Crippen LogP) is 1.57. The molecule has 3 heteroatoms. The molecular formula is C13H18O3. The average molecular weight is 222 g/mol. The predicted molar refractivity (Wildman–Crippen MR) is 61.1 cm³/mol. The van der Waals surface area contributed by atoms with Gasteiger partial charge in [-0.2, -0.15) is 0 Å². The monoisotopic (exact) mass is 222 g/mol. The van der Waals surface area contributed by atoms with Crippen LogP contribution in [0.2, 0.25) is 0 Å². The first-order chi connectivity index (χ1) is 7.70. The van der Waals surface area contributed by atoms with Crippen molar-refractivity contribution < 1.29 is 14.9 Å². The first-order valence-electron chi connectivity index (χ1n) is 5.71. The Hall–Kier alpha value is -0.900. The minimum atomic E-state index is -0.535. The summed E-state index contributed by atoms with van der Waals surface area (Å²) < 4.78 is 5.67. The fourth-order valence-corrected chi connectivity index (χ4v) is 2.07. The molecule has 0 unspecified atom stereocenters. The van der Waals surface area contributed by atoms with E-state index in [9.17, 15) is 5.11 Å². The molecule has 3 nitrogen and oxygen atoms in total. The lowest BCUT2D eigenvalue weighted by molar-refractivity contribution is -0.135. The third kappa shape index (κ3) is 2.43. The molecule has 0 amide bonds. The number of ether oxygens (including phenoxy) is 1. The van der Waals surface area contributed by atoms with E-state index < -0.39 is 12.2 Å². The summed E-state index contributed by atoms with van der Waals surface area (Å²) in [7, 11) is 0. The van der Waals surface area contributed by atoms with Crippen LogP contribution in [0.4, 0.5) is 0 Å². The van der Waals surface area contributed by atoms with Crippen LogP contribution >= 0.6 is 0 Å². The molecule has 88 valence electrons. The number of aryl methyl sites for hydroxylation is 1. The molecule has 2 N–H and O–H groups in total. The van der Waals surface area contributed by atoms with E-state index in [1.54, 1.807) is 0 Å². The Morgan fingerprint density at radius 2 is 1.94 bits per heavy atom. The summed E-state index contributed by atoms with van der Waals surface area (Å²) in [6.45, 7) is 1.93. The molecule has 1 saturated heterocycles. The summed E-state index contributed by atoms with van der Waals surface area (Å²) in [5, 5.41) is 18.7. The van der Waals surface area contributed by atoms with Crippen molar-refractivity contribution in [2.75, 3.05) is 6.61 Å². The van der Waals surface area contributed by atoms with Crippen molar-refractivity contribution >= 4 is 0 Å². The van der Waals surface area contributed by atoms with Gasteiger partial charge in [-0.25, -0.2) is 0 Å². The maximum Gasteiger partial charge on any atom is 0.107 e. The Labute approximate surface area is 95.7 Å². The van der Waals surface area contributed by atoms with E-state index in [4.69, 9.17) is 9.84 Å². The summed E-state index contributed by atoms with van der Waals surface area (Å²) in [5.41, 5.74) is 2.34. The van der Waals surface area contributed by atoms with Crippen LogP contribution in [0.5, 0.6) is 0 Å². The molecule has 0 saturated carbocycles. The van der Waals surface area contributed by atoms with Crippen LogP contribution in [-0.4, -0.2) is 29.0 Å². The molecular weight excluding hydrogens is 204 g/mol. The van der Waals surface area contributed by atoms with Crippen molar-refractivity contribution in [1.29, 1.82) is 0 Å². The third-order valence-electron chi connectivity index (χ3n) is 3.12. The summed E-state index contributed by atoms with van der Waals surface area (Å²) in [6.07, 6.45) is 0.512. The maximum atomic E-state index is 9.59. The number of benzene rings is 1. The minimum absolute atomic E-state index is 0.00106. The molecule has 1 heterocycles. The Balaban J connectivity index is 2.08. The molecule has 0 spiro atoms. The number of rotatable bonds is 2. The smallest absolute Gasteiger partial charge is 0.107 e. The maximum absolute atomic E-state index is 9.59. The van der Waals surface area contributed by atoms with Gasteiger partial charge in [0.2, 0.25) is 0 Å². The van der Waals surface area contributed by atoms with Crippen LogP contribution in [0, 0.1) is 6.92 Å². The molecule has 1 aromatic carbocycles. The first kappa shape index (κ1) is 11.6. The zero-order chi connectivity index (χ0) is 11.5. The summed E-state index contributed by atoms with van der Waals surface area (Å²) in [5.74, 6) is 0. The van der Waals surface area contributed by atoms with Crippen molar-refractivity contribution in [2.45, 2.75) is 38.1 Å². The molecule has 1 fully saturated rings. The van der Waals surface area contributed by atoms with E-state index in [0.717, 1.165) is 12.0 Å². The molecule has 1 aliphatic heterocycles. The second-order valence-corrected chi connectivity index (χ2v) is 4.40. The molecule has 1 aromatic rings. The summed E-state index contributed by atoms with van der Waals surface area (Å²) >= 11 is 0. The van der Waals surface area contributed by atoms with Crippen LogP contribution in [0.25, 0.3) is 0 Å². The number of hydrogen-bond acceptors (Lipinski definition) is 3. The first-order valence-corrected chi connectivity index (χ1v) is 5.71. The van der Waals surface area contributed by atoms with E-state index >= 15 is 0 Å². The van der Waals surface area contributed by atoms with Crippen LogP contribution in [0.3, 0.4) is 0 Å². The second-order valence-electron chi connectivity index (χ2n) is 4.40. The largest absolute Gasteiger partial charge is 0.394 e. The third-order valence-corrected chi connectivity index (χ3v) is 3.12. The van der Waals surface area contributed by atoms with Gasteiger partial charge in [-0.15, -0.1) is 0 Å². The van der Waals surface area contributed by atoms with E-state index in [2.05, 4.69) is 12.1 Å². The zero-order valence-corrected chi connectivity index (χ0v) is 9.47. The Bertz CT molecular complexity index is 334. The molecule has 16 heavy (non-hydrogen) atoms. The van der Waals surface area contributed by atoms with Crippen LogP contribution in [-0.2, 0) is 4.74 Å². The van der Waals surface area contributed by atoms with E-state index in [1.807, 2.05) is 19.1 Å². The molecule has 0 aromatic heterocycles. The molecule has 1 aliphatic rings. The highest BCUT2D eigenvalue weighted by Crippen LogP contribution is 2.31. The molecule has 0 aliphatic carbocycles. The molecule has 0 radical (unpaired) electrons. The Morgan fingerprint density at radius 1 is 1.25 bits per heavy atom. The second kappa shape index (κ2) is 4.95. The SMILES string of the molecule is Cc1ccc([C@H]2CC[C@H](O)[C@@H](CO)O2)cc1. The average Bonchev–Trinajstić information content (AvgIpc) is 2.31. The van der Waals surface area contributed by atoms with Crippen LogP contribution in [0.1, 0.15) is 30.1 Å². The van der Waals surface area contributed by atoms with Crippen molar-refractivity contribution in [3.8, 4) is 0 Å². The number of aliphatic hydroxyl groups is 2. The van der Waals surface area contributed by atoms with Gasteiger partial charge in [0.15, 0.2) is 0 Å². The van der Waals surface area contributed by atoms with Crippen LogP contribution < -0.4 is 0 Å². The highest BCUT2D eigenvalue weighted by atomic mass is 16.5. The number of hydrogen-bond donors (Lipinski definition) is 2. The van der Waals surface area contributed by atoms with E-state index in [-0.39, 0.29) is 12.7 Å². The fourth-order valence-electron chi connectivity index (χ4n) is 2.07. The standard InChI is InChI=1S/C13H18O3/c1-9-2-4-10(5-3-9)12-7-6-11(15)13(8-14)16-12/h2-5,11-15H,6-8H2,1H3/t11-,12+,13+/m0/s1. The highest BCUT2D eigenvalue weighted by Gasteiger charge is 2.29. The topological polar surface area (TPSA) is 49.7 Å². The van der Waals surface area contributed by atoms with Gasteiger partial charge in [0.1, 0.15) is 6.10 Å². The lowest BCUT2D eigenvalue weighted by Crippen LogP contribution is -2.38. The zero-order valence-electron chi connectivity index (χ0n) is 9.47. The summed E-state index contributed by atoms with van der Waals surface area (Å²) in [6, 6.07) is 8.20.